The minimum absolute atomic E-state index is 0.339. The lowest BCUT2D eigenvalue weighted by molar-refractivity contribution is 0.00578. The predicted molar refractivity (Wildman–Crippen MR) is 90.0 cm³/mol. The summed E-state index contributed by atoms with van der Waals surface area (Å²) in [6.07, 6.45) is 2.24. The van der Waals surface area contributed by atoms with Crippen LogP contribution in [0.3, 0.4) is 0 Å². The molecule has 2 saturated heterocycles. The molecule has 0 aromatic heterocycles. The van der Waals surface area contributed by atoms with E-state index in [2.05, 4.69) is 33.8 Å². The molecule has 22 heavy (non-hydrogen) atoms. The molecule has 120 valence electrons. The third-order valence-electron chi connectivity index (χ3n) is 5.10. The fourth-order valence-corrected chi connectivity index (χ4v) is 3.24. The van der Waals surface area contributed by atoms with Crippen molar-refractivity contribution < 1.29 is 14.0 Å². The van der Waals surface area contributed by atoms with Gasteiger partial charge < -0.3 is 14.0 Å². The lowest BCUT2D eigenvalue weighted by atomic mass is 9.77. The standard InChI is InChI=1S/C17H24BClO3/c1-16(2)17(3,4)22-18(21-16)14-8-13(9-15(19)10-14)12-6-5-7-20-11-12/h8-10,12H,5-7,11H2,1-4H3. The van der Waals surface area contributed by atoms with Gasteiger partial charge in [0, 0.05) is 17.5 Å². The van der Waals surface area contributed by atoms with Crippen molar-refractivity contribution in [3.8, 4) is 0 Å². The van der Waals surface area contributed by atoms with Crippen LogP contribution in [-0.4, -0.2) is 31.5 Å². The van der Waals surface area contributed by atoms with Gasteiger partial charge in [0.15, 0.2) is 0 Å². The number of rotatable bonds is 2. The molecule has 0 aliphatic carbocycles. The van der Waals surface area contributed by atoms with Gasteiger partial charge in [-0.05, 0) is 63.7 Å². The van der Waals surface area contributed by atoms with Gasteiger partial charge in [-0.3, -0.25) is 0 Å². The summed E-state index contributed by atoms with van der Waals surface area (Å²) in [4.78, 5) is 0. The van der Waals surface area contributed by atoms with E-state index >= 15 is 0 Å². The van der Waals surface area contributed by atoms with Crippen LogP contribution in [0.5, 0.6) is 0 Å². The van der Waals surface area contributed by atoms with Crippen molar-refractivity contribution in [3.63, 3.8) is 0 Å². The van der Waals surface area contributed by atoms with Crippen molar-refractivity contribution in [2.45, 2.75) is 57.7 Å². The van der Waals surface area contributed by atoms with Crippen molar-refractivity contribution in [3.05, 3.63) is 28.8 Å². The predicted octanol–water partition coefficient (Wildman–Crippen LogP) is 3.53. The topological polar surface area (TPSA) is 27.7 Å². The van der Waals surface area contributed by atoms with Crippen molar-refractivity contribution in [2.24, 2.45) is 0 Å². The molecule has 3 nitrogen and oxygen atoms in total. The van der Waals surface area contributed by atoms with Gasteiger partial charge >= 0.3 is 7.12 Å². The number of hydrogen-bond acceptors (Lipinski definition) is 3. The van der Waals surface area contributed by atoms with Gasteiger partial charge in [0.25, 0.3) is 0 Å². The molecule has 2 fully saturated rings. The fraction of sp³-hybridized carbons (Fsp3) is 0.647. The maximum atomic E-state index is 6.34. The van der Waals surface area contributed by atoms with Crippen LogP contribution in [0, 0.1) is 0 Å². The van der Waals surface area contributed by atoms with Crippen LogP contribution in [0.1, 0.15) is 52.0 Å². The summed E-state index contributed by atoms with van der Waals surface area (Å²) >= 11 is 6.34. The van der Waals surface area contributed by atoms with Gasteiger partial charge in [0.1, 0.15) is 0 Å². The van der Waals surface area contributed by atoms with Crippen LogP contribution in [0.25, 0.3) is 0 Å². The number of halogens is 1. The smallest absolute Gasteiger partial charge is 0.399 e. The monoisotopic (exact) mass is 322 g/mol. The number of hydrogen-bond donors (Lipinski definition) is 0. The highest BCUT2D eigenvalue weighted by Crippen LogP contribution is 2.37. The van der Waals surface area contributed by atoms with E-state index < -0.39 is 0 Å². The molecule has 1 aromatic carbocycles. The Morgan fingerprint density at radius 3 is 2.36 bits per heavy atom. The Balaban J connectivity index is 1.87. The third-order valence-corrected chi connectivity index (χ3v) is 5.32. The summed E-state index contributed by atoms with van der Waals surface area (Å²) in [6.45, 7) is 9.88. The zero-order valence-electron chi connectivity index (χ0n) is 13.8. The van der Waals surface area contributed by atoms with Crippen LogP contribution in [0.15, 0.2) is 18.2 Å². The quantitative estimate of drug-likeness (QED) is 0.780. The van der Waals surface area contributed by atoms with E-state index in [4.69, 9.17) is 25.6 Å². The van der Waals surface area contributed by atoms with Crippen LogP contribution in [0.4, 0.5) is 0 Å². The van der Waals surface area contributed by atoms with E-state index in [0.717, 1.165) is 36.5 Å². The molecule has 2 aliphatic rings. The van der Waals surface area contributed by atoms with E-state index in [9.17, 15) is 0 Å². The summed E-state index contributed by atoms with van der Waals surface area (Å²) in [5, 5.41) is 0.729. The van der Waals surface area contributed by atoms with Gasteiger partial charge in [0.2, 0.25) is 0 Å². The lowest BCUT2D eigenvalue weighted by Crippen LogP contribution is -2.41. The first-order valence-corrected chi connectivity index (χ1v) is 8.40. The van der Waals surface area contributed by atoms with Crippen LogP contribution in [0.2, 0.25) is 5.02 Å². The molecular weight excluding hydrogens is 298 g/mol. The summed E-state index contributed by atoms with van der Waals surface area (Å²) in [5.41, 5.74) is 1.53. The first-order valence-electron chi connectivity index (χ1n) is 8.02. The highest BCUT2D eigenvalue weighted by atomic mass is 35.5. The summed E-state index contributed by atoms with van der Waals surface area (Å²) in [6, 6.07) is 6.14. The minimum atomic E-state index is -0.369. The van der Waals surface area contributed by atoms with E-state index in [1.807, 2.05) is 12.1 Å². The first kappa shape index (κ1) is 16.3. The Morgan fingerprint density at radius 1 is 1.09 bits per heavy atom. The molecule has 1 aromatic rings. The average molecular weight is 323 g/mol. The van der Waals surface area contributed by atoms with E-state index in [1.165, 1.54) is 5.56 Å². The fourth-order valence-electron chi connectivity index (χ4n) is 2.99. The van der Waals surface area contributed by atoms with E-state index in [-0.39, 0.29) is 18.3 Å². The zero-order valence-corrected chi connectivity index (χ0v) is 14.6. The van der Waals surface area contributed by atoms with Crippen molar-refractivity contribution in [1.29, 1.82) is 0 Å². The summed E-state index contributed by atoms with van der Waals surface area (Å²) in [7, 11) is -0.369. The van der Waals surface area contributed by atoms with Crippen LogP contribution < -0.4 is 5.46 Å². The highest BCUT2D eigenvalue weighted by molar-refractivity contribution is 6.62. The lowest BCUT2D eigenvalue weighted by Gasteiger charge is -2.32. The number of ether oxygens (including phenoxy) is 1. The van der Waals surface area contributed by atoms with Crippen LogP contribution in [-0.2, 0) is 14.0 Å². The Morgan fingerprint density at radius 2 is 1.77 bits per heavy atom. The number of benzene rings is 1. The summed E-state index contributed by atoms with van der Waals surface area (Å²) in [5.74, 6) is 0.411. The molecule has 0 spiro atoms. The van der Waals surface area contributed by atoms with E-state index in [0.29, 0.717) is 5.92 Å². The average Bonchev–Trinajstić information content (AvgIpc) is 2.68. The maximum absolute atomic E-state index is 6.34. The Labute approximate surface area is 138 Å². The molecule has 0 saturated carbocycles. The Bertz CT molecular complexity index is 537. The summed E-state index contributed by atoms with van der Waals surface area (Å²) < 4.78 is 17.9. The van der Waals surface area contributed by atoms with Crippen molar-refractivity contribution in [1.82, 2.24) is 0 Å². The van der Waals surface area contributed by atoms with Gasteiger partial charge in [-0.1, -0.05) is 17.7 Å². The molecule has 1 unspecified atom stereocenters. The van der Waals surface area contributed by atoms with Crippen molar-refractivity contribution >= 4 is 24.2 Å². The Kier molecular flexibility index (Phi) is 4.32. The second kappa shape index (κ2) is 5.83. The SMILES string of the molecule is CC1(C)OB(c2cc(Cl)cc(C3CCCOC3)c2)OC1(C)C. The largest absolute Gasteiger partial charge is 0.494 e. The highest BCUT2D eigenvalue weighted by Gasteiger charge is 2.51. The normalized spacial score (nSPS) is 27.1. The van der Waals surface area contributed by atoms with Gasteiger partial charge in [-0.25, -0.2) is 0 Å². The van der Waals surface area contributed by atoms with Gasteiger partial charge in [-0.2, -0.15) is 0 Å². The van der Waals surface area contributed by atoms with E-state index in [1.54, 1.807) is 0 Å². The molecule has 0 amide bonds. The zero-order chi connectivity index (χ0) is 16.0. The van der Waals surface area contributed by atoms with Crippen molar-refractivity contribution in [2.75, 3.05) is 13.2 Å². The second-order valence-electron chi connectivity index (χ2n) is 7.32. The molecule has 3 rings (SSSR count). The third kappa shape index (κ3) is 3.07. The maximum Gasteiger partial charge on any atom is 0.494 e. The van der Waals surface area contributed by atoms with Crippen LogP contribution >= 0.6 is 11.6 Å². The molecule has 2 aliphatic heterocycles. The molecule has 1 atom stereocenters. The molecule has 0 radical (unpaired) electrons. The molecule has 0 N–H and O–H groups in total. The molecular formula is C17H24BClO3. The molecule has 0 bridgehead atoms. The van der Waals surface area contributed by atoms with Gasteiger partial charge in [-0.15, -0.1) is 0 Å². The minimum Gasteiger partial charge on any atom is -0.399 e. The van der Waals surface area contributed by atoms with Gasteiger partial charge in [0.05, 0.1) is 17.8 Å². The first-order chi connectivity index (χ1) is 10.3. The molecule has 2 heterocycles. The molecule has 5 heteroatoms. The Hall–Kier alpha value is -0.545. The second-order valence-corrected chi connectivity index (χ2v) is 7.76.